The van der Waals surface area contributed by atoms with Crippen molar-refractivity contribution in [1.82, 2.24) is 20.2 Å². The highest BCUT2D eigenvalue weighted by molar-refractivity contribution is 4.73. The number of hydrogen-bond acceptors (Lipinski definition) is 5. The summed E-state index contributed by atoms with van der Waals surface area (Å²) in [5.41, 5.74) is 5.28. The van der Waals surface area contributed by atoms with Gasteiger partial charge in [0.05, 0.1) is 12.9 Å². The third kappa shape index (κ3) is 27.9. The lowest BCUT2D eigenvalue weighted by Crippen LogP contribution is -2.19. The van der Waals surface area contributed by atoms with Gasteiger partial charge in [-0.05, 0) is 32.0 Å². The van der Waals surface area contributed by atoms with Crippen molar-refractivity contribution in [2.45, 2.75) is 60.9 Å². The lowest BCUT2D eigenvalue weighted by Gasteiger charge is -2.00. The van der Waals surface area contributed by atoms with Crippen LogP contribution in [0.4, 0.5) is 0 Å². The van der Waals surface area contributed by atoms with Crippen LogP contribution in [0.25, 0.3) is 0 Å². The van der Waals surface area contributed by atoms with Gasteiger partial charge in [-0.1, -0.05) is 48.0 Å². The molecule has 26 heavy (non-hydrogen) atoms. The summed E-state index contributed by atoms with van der Waals surface area (Å²) in [4.78, 5) is 3.94. The fraction of sp³-hybridized carbons (Fsp3) is 0.850. The zero-order chi connectivity index (χ0) is 20.5. The van der Waals surface area contributed by atoms with Crippen molar-refractivity contribution in [2.75, 3.05) is 46.4 Å². The molecule has 1 unspecified atom stereocenters. The number of nitrogens with two attached hydrogens (primary N) is 1. The van der Waals surface area contributed by atoms with Gasteiger partial charge >= 0.3 is 0 Å². The van der Waals surface area contributed by atoms with Crippen molar-refractivity contribution in [3.63, 3.8) is 0 Å². The first-order chi connectivity index (χ1) is 12.7. The summed E-state index contributed by atoms with van der Waals surface area (Å²) < 4.78 is 6.88. The Kier molecular flexibility index (Phi) is 33.1. The van der Waals surface area contributed by atoms with Crippen molar-refractivity contribution in [2.24, 2.45) is 11.7 Å². The summed E-state index contributed by atoms with van der Waals surface area (Å²) in [5, 5.41) is 6.45. The molecule has 1 aromatic heterocycles. The van der Waals surface area contributed by atoms with Crippen molar-refractivity contribution < 1.29 is 4.74 Å². The third-order valence-electron chi connectivity index (χ3n) is 3.37. The van der Waals surface area contributed by atoms with Gasteiger partial charge in [-0.3, -0.25) is 0 Å². The van der Waals surface area contributed by atoms with Crippen LogP contribution in [0, 0.1) is 5.92 Å². The Morgan fingerprint density at radius 3 is 2.19 bits per heavy atom. The molecule has 0 spiro atoms. The van der Waals surface area contributed by atoms with Crippen molar-refractivity contribution in [1.29, 1.82) is 0 Å². The van der Waals surface area contributed by atoms with E-state index >= 15 is 0 Å². The topological polar surface area (TPSA) is 77.1 Å². The van der Waals surface area contributed by atoms with Gasteiger partial charge in [-0.15, -0.1) is 0 Å². The van der Waals surface area contributed by atoms with Crippen LogP contribution in [0.15, 0.2) is 18.7 Å². The zero-order valence-electron chi connectivity index (χ0n) is 18.6. The lowest BCUT2D eigenvalue weighted by molar-refractivity contribution is 0.199. The van der Waals surface area contributed by atoms with Gasteiger partial charge in [0, 0.05) is 39.1 Å². The molecular weight excluding hydrogens is 326 g/mol. The molecule has 0 aliphatic carbocycles. The minimum atomic E-state index is 0.713. The SMILES string of the molecule is CC.CCC(C)CN.CCCNCCOC.CCNCCn1ccnc1. The van der Waals surface area contributed by atoms with E-state index in [0.29, 0.717) is 5.92 Å². The minimum absolute atomic E-state index is 0.713. The number of imidazole rings is 1. The molecule has 0 saturated carbocycles. The highest BCUT2D eigenvalue weighted by Gasteiger charge is 1.89. The molecule has 0 fully saturated rings. The molecule has 0 saturated heterocycles. The Balaban J connectivity index is -0.000000300. The molecule has 6 heteroatoms. The van der Waals surface area contributed by atoms with Gasteiger partial charge in [-0.25, -0.2) is 4.98 Å². The second-order valence-corrected chi connectivity index (χ2v) is 5.65. The average Bonchev–Trinajstić information content (AvgIpc) is 3.21. The predicted octanol–water partition coefficient (Wildman–Crippen LogP) is 3.14. The number of nitrogens with zero attached hydrogens (tertiary/aromatic N) is 2. The number of methoxy groups -OCH3 is 1. The summed E-state index contributed by atoms with van der Waals surface area (Å²) >= 11 is 0. The van der Waals surface area contributed by atoms with Crippen LogP contribution in [-0.2, 0) is 11.3 Å². The van der Waals surface area contributed by atoms with Gasteiger partial charge in [0.25, 0.3) is 0 Å². The number of ether oxygens (including phenoxy) is 1. The maximum atomic E-state index is 5.28. The van der Waals surface area contributed by atoms with Crippen LogP contribution >= 0.6 is 0 Å². The van der Waals surface area contributed by atoms with E-state index in [4.69, 9.17) is 10.5 Å². The predicted molar refractivity (Wildman–Crippen MR) is 116 cm³/mol. The number of rotatable bonds is 11. The van der Waals surface area contributed by atoms with Crippen LogP contribution in [0.2, 0.25) is 0 Å². The summed E-state index contributed by atoms with van der Waals surface area (Å²) in [6.45, 7) is 19.4. The highest BCUT2D eigenvalue weighted by atomic mass is 16.5. The Labute approximate surface area is 163 Å². The molecule has 0 aliphatic rings. The lowest BCUT2D eigenvalue weighted by atomic mass is 10.1. The van der Waals surface area contributed by atoms with Gasteiger partial charge in [0.1, 0.15) is 0 Å². The van der Waals surface area contributed by atoms with Crippen LogP contribution < -0.4 is 16.4 Å². The van der Waals surface area contributed by atoms with Gasteiger partial charge in [0.15, 0.2) is 0 Å². The number of aromatic nitrogens is 2. The van der Waals surface area contributed by atoms with E-state index in [1.165, 1.54) is 12.8 Å². The van der Waals surface area contributed by atoms with E-state index in [0.717, 1.165) is 45.9 Å². The maximum Gasteiger partial charge on any atom is 0.0946 e. The molecule has 1 heterocycles. The normalized spacial score (nSPS) is 10.5. The molecule has 4 N–H and O–H groups in total. The molecule has 0 radical (unpaired) electrons. The standard InChI is InChI=1S/C7H13N3.C6H15NO.C5H13N.C2H6/c1-2-8-3-5-10-6-4-9-7-10;1-3-4-7-5-6-8-2;1-3-5(2)4-6;1-2/h4,6-8H,2-3,5H2,1H3;7H,3-6H2,1-2H3;5H,3-4,6H2,1-2H3;1-2H3. The summed E-state index contributed by atoms with van der Waals surface area (Å²) in [6, 6.07) is 0. The van der Waals surface area contributed by atoms with E-state index in [-0.39, 0.29) is 0 Å². The van der Waals surface area contributed by atoms with Crippen LogP contribution in [-0.4, -0.2) is 56.0 Å². The van der Waals surface area contributed by atoms with Crippen LogP contribution in [0.1, 0.15) is 54.4 Å². The van der Waals surface area contributed by atoms with Crippen LogP contribution in [0.3, 0.4) is 0 Å². The molecule has 0 amide bonds. The Bertz CT molecular complexity index is 297. The number of hydrogen-bond donors (Lipinski definition) is 3. The smallest absolute Gasteiger partial charge is 0.0946 e. The zero-order valence-corrected chi connectivity index (χ0v) is 18.6. The minimum Gasteiger partial charge on any atom is -0.383 e. The third-order valence-corrected chi connectivity index (χ3v) is 3.37. The van der Waals surface area contributed by atoms with E-state index in [9.17, 15) is 0 Å². The Hall–Kier alpha value is -0.950. The van der Waals surface area contributed by atoms with Crippen LogP contribution in [0.5, 0.6) is 0 Å². The molecule has 1 atom stereocenters. The number of nitrogens with one attached hydrogen (secondary N) is 2. The quantitative estimate of drug-likeness (QED) is 0.520. The maximum absolute atomic E-state index is 5.28. The van der Waals surface area contributed by atoms with E-state index in [1.54, 1.807) is 13.3 Å². The molecular formula is C20H47N5O. The molecule has 6 nitrogen and oxygen atoms in total. The van der Waals surface area contributed by atoms with Crippen molar-refractivity contribution >= 4 is 0 Å². The van der Waals surface area contributed by atoms with Gasteiger partial charge < -0.3 is 25.7 Å². The molecule has 0 aromatic carbocycles. The van der Waals surface area contributed by atoms with Crippen molar-refractivity contribution in [3.8, 4) is 0 Å². The number of likely N-dealkylation sites (N-methyl/N-ethyl adjacent to an activating group) is 1. The Morgan fingerprint density at radius 1 is 1.12 bits per heavy atom. The van der Waals surface area contributed by atoms with E-state index in [1.807, 2.05) is 26.4 Å². The molecule has 0 bridgehead atoms. The summed E-state index contributed by atoms with van der Waals surface area (Å²) in [7, 11) is 1.72. The summed E-state index contributed by atoms with van der Waals surface area (Å²) in [6.07, 6.45) is 8.00. The van der Waals surface area contributed by atoms with Gasteiger partial charge in [-0.2, -0.15) is 0 Å². The Morgan fingerprint density at radius 2 is 1.81 bits per heavy atom. The van der Waals surface area contributed by atoms with Gasteiger partial charge in [0.2, 0.25) is 0 Å². The molecule has 0 aliphatic heterocycles. The summed E-state index contributed by atoms with van der Waals surface area (Å²) in [5.74, 6) is 0.713. The largest absolute Gasteiger partial charge is 0.383 e. The van der Waals surface area contributed by atoms with E-state index < -0.39 is 0 Å². The van der Waals surface area contributed by atoms with Crippen molar-refractivity contribution in [3.05, 3.63) is 18.7 Å². The first-order valence-electron chi connectivity index (χ1n) is 10.2. The highest BCUT2D eigenvalue weighted by Crippen LogP contribution is 1.93. The first kappa shape index (κ1) is 29.8. The van der Waals surface area contributed by atoms with E-state index in [2.05, 4.69) is 47.9 Å². The molecule has 158 valence electrons. The molecule has 1 rings (SSSR count). The fourth-order valence-electron chi connectivity index (χ4n) is 1.45. The fourth-order valence-corrected chi connectivity index (χ4v) is 1.45. The second-order valence-electron chi connectivity index (χ2n) is 5.65. The second kappa shape index (κ2) is 28.8. The average molecular weight is 374 g/mol. The molecule has 1 aromatic rings. The monoisotopic (exact) mass is 373 g/mol. The first-order valence-corrected chi connectivity index (χ1v) is 10.2.